The molecule has 0 amide bonds. The molecule has 2 heteroatoms. The molecule has 2 rings (SSSR count). The first-order valence-electron chi connectivity index (χ1n) is 8.93. The average molecular weight is 280 g/mol. The molecule has 1 saturated carbocycles. The van der Waals surface area contributed by atoms with Crippen LogP contribution in [-0.2, 0) is 0 Å². The standard InChI is InChI=1S/C18H36N2/c1-6-19-17(16-12-14(2)11-15(3)13-16)18(4,5)20-9-7-8-10-20/h14-17,19H,6-13H2,1-5H3. The Morgan fingerprint density at radius 2 is 1.60 bits per heavy atom. The van der Waals surface area contributed by atoms with E-state index < -0.39 is 0 Å². The molecule has 3 unspecified atom stereocenters. The summed E-state index contributed by atoms with van der Waals surface area (Å²) in [5, 5.41) is 3.87. The molecule has 0 spiro atoms. The molecule has 1 saturated heterocycles. The third-order valence-electron chi connectivity index (χ3n) is 5.79. The van der Waals surface area contributed by atoms with E-state index >= 15 is 0 Å². The molecule has 3 atom stereocenters. The summed E-state index contributed by atoms with van der Waals surface area (Å²) in [6.45, 7) is 15.8. The highest BCUT2D eigenvalue weighted by Crippen LogP contribution is 2.39. The Balaban J connectivity index is 2.12. The minimum absolute atomic E-state index is 0.300. The van der Waals surface area contributed by atoms with Crippen LogP contribution in [0.25, 0.3) is 0 Å². The summed E-state index contributed by atoms with van der Waals surface area (Å²) in [5.41, 5.74) is 0.300. The van der Waals surface area contributed by atoms with Gasteiger partial charge in [-0.2, -0.15) is 0 Å². The van der Waals surface area contributed by atoms with Crippen molar-refractivity contribution in [1.29, 1.82) is 0 Å². The lowest BCUT2D eigenvalue weighted by Gasteiger charge is -2.48. The van der Waals surface area contributed by atoms with Gasteiger partial charge < -0.3 is 5.32 Å². The van der Waals surface area contributed by atoms with E-state index in [2.05, 4.69) is 44.8 Å². The second-order valence-corrected chi connectivity index (χ2v) is 8.06. The van der Waals surface area contributed by atoms with Crippen LogP contribution in [0.1, 0.15) is 66.7 Å². The summed E-state index contributed by atoms with van der Waals surface area (Å²) in [6.07, 6.45) is 7.04. The molecule has 118 valence electrons. The van der Waals surface area contributed by atoms with Gasteiger partial charge in [-0.05, 0) is 83.3 Å². The van der Waals surface area contributed by atoms with Gasteiger partial charge in [-0.1, -0.05) is 20.8 Å². The Hall–Kier alpha value is -0.0800. The van der Waals surface area contributed by atoms with Gasteiger partial charge in [0.1, 0.15) is 0 Å². The lowest BCUT2D eigenvalue weighted by atomic mass is 9.69. The average Bonchev–Trinajstić information content (AvgIpc) is 2.88. The predicted molar refractivity (Wildman–Crippen MR) is 88.0 cm³/mol. The van der Waals surface area contributed by atoms with Gasteiger partial charge in [-0.3, -0.25) is 4.90 Å². The lowest BCUT2D eigenvalue weighted by Crippen LogP contribution is -2.60. The van der Waals surface area contributed by atoms with Gasteiger partial charge in [0.25, 0.3) is 0 Å². The molecule has 0 aromatic heterocycles. The lowest BCUT2D eigenvalue weighted by molar-refractivity contribution is 0.0498. The van der Waals surface area contributed by atoms with E-state index in [0.717, 1.165) is 24.3 Å². The summed E-state index contributed by atoms with van der Waals surface area (Å²) in [5.74, 6) is 2.66. The van der Waals surface area contributed by atoms with Gasteiger partial charge in [0.15, 0.2) is 0 Å². The van der Waals surface area contributed by atoms with E-state index in [0.29, 0.717) is 11.6 Å². The van der Waals surface area contributed by atoms with E-state index in [9.17, 15) is 0 Å². The molecule has 0 aromatic carbocycles. The second kappa shape index (κ2) is 6.79. The van der Waals surface area contributed by atoms with Crippen molar-refractivity contribution in [3.63, 3.8) is 0 Å². The van der Waals surface area contributed by atoms with Crippen LogP contribution in [-0.4, -0.2) is 36.1 Å². The van der Waals surface area contributed by atoms with Crippen molar-refractivity contribution in [3.05, 3.63) is 0 Å². The van der Waals surface area contributed by atoms with Gasteiger partial charge in [-0.15, -0.1) is 0 Å². The Morgan fingerprint density at radius 1 is 1.05 bits per heavy atom. The SMILES string of the molecule is CCNC(C1CC(C)CC(C)C1)C(C)(C)N1CCCC1. The van der Waals surface area contributed by atoms with Crippen LogP contribution in [0, 0.1) is 17.8 Å². The molecular formula is C18H36N2. The minimum Gasteiger partial charge on any atom is -0.312 e. The van der Waals surface area contributed by atoms with Crippen molar-refractivity contribution >= 4 is 0 Å². The van der Waals surface area contributed by atoms with Gasteiger partial charge in [0, 0.05) is 11.6 Å². The zero-order valence-corrected chi connectivity index (χ0v) is 14.4. The maximum Gasteiger partial charge on any atom is 0.0308 e. The third-order valence-corrected chi connectivity index (χ3v) is 5.79. The molecule has 1 heterocycles. The Kier molecular flexibility index (Phi) is 5.53. The van der Waals surface area contributed by atoms with E-state index in [-0.39, 0.29) is 0 Å². The minimum atomic E-state index is 0.300. The van der Waals surface area contributed by atoms with Crippen LogP contribution >= 0.6 is 0 Å². The van der Waals surface area contributed by atoms with Crippen molar-refractivity contribution in [2.75, 3.05) is 19.6 Å². The summed E-state index contributed by atoms with van der Waals surface area (Å²) >= 11 is 0. The number of rotatable bonds is 5. The van der Waals surface area contributed by atoms with E-state index in [1.807, 2.05) is 0 Å². The summed E-state index contributed by atoms with van der Waals surface area (Å²) < 4.78 is 0. The highest BCUT2D eigenvalue weighted by Gasteiger charge is 2.42. The molecule has 2 fully saturated rings. The van der Waals surface area contributed by atoms with Crippen LogP contribution in [0.15, 0.2) is 0 Å². The fourth-order valence-corrected chi connectivity index (χ4v) is 4.98. The van der Waals surface area contributed by atoms with Crippen LogP contribution in [0.2, 0.25) is 0 Å². The summed E-state index contributed by atoms with van der Waals surface area (Å²) in [6, 6.07) is 0.649. The smallest absolute Gasteiger partial charge is 0.0308 e. The van der Waals surface area contributed by atoms with Crippen molar-refractivity contribution < 1.29 is 0 Å². The Labute approximate surface area is 126 Å². The normalized spacial score (nSPS) is 34.4. The largest absolute Gasteiger partial charge is 0.312 e. The number of nitrogens with one attached hydrogen (secondary N) is 1. The van der Waals surface area contributed by atoms with Gasteiger partial charge in [0.2, 0.25) is 0 Å². The number of hydrogen-bond acceptors (Lipinski definition) is 2. The Bertz CT molecular complexity index is 284. The van der Waals surface area contributed by atoms with Crippen molar-refractivity contribution in [3.8, 4) is 0 Å². The number of likely N-dealkylation sites (tertiary alicyclic amines) is 1. The summed E-state index contributed by atoms with van der Waals surface area (Å²) in [4.78, 5) is 2.74. The van der Waals surface area contributed by atoms with Crippen molar-refractivity contribution in [1.82, 2.24) is 10.2 Å². The molecule has 1 aliphatic carbocycles. The first-order valence-corrected chi connectivity index (χ1v) is 8.93. The first kappa shape index (κ1) is 16.3. The predicted octanol–water partition coefficient (Wildman–Crippen LogP) is 3.91. The van der Waals surface area contributed by atoms with Gasteiger partial charge >= 0.3 is 0 Å². The fourth-order valence-electron chi connectivity index (χ4n) is 4.98. The van der Waals surface area contributed by atoms with Crippen molar-refractivity contribution in [2.24, 2.45) is 17.8 Å². The number of likely N-dealkylation sites (N-methyl/N-ethyl adjacent to an activating group) is 1. The second-order valence-electron chi connectivity index (χ2n) is 8.06. The first-order chi connectivity index (χ1) is 9.45. The molecule has 2 aliphatic rings. The topological polar surface area (TPSA) is 15.3 Å². The molecular weight excluding hydrogens is 244 g/mol. The molecule has 1 N–H and O–H groups in total. The maximum atomic E-state index is 3.87. The van der Waals surface area contributed by atoms with Crippen LogP contribution in [0.4, 0.5) is 0 Å². The number of hydrogen-bond donors (Lipinski definition) is 1. The summed E-state index contributed by atoms with van der Waals surface area (Å²) in [7, 11) is 0. The molecule has 0 aromatic rings. The molecule has 20 heavy (non-hydrogen) atoms. The van der Waals surface area contributed by atoms with E-state index in [1.54, 1.807) is 0 Å². The maximum absolute atomic E-state index is 3.87. The molecule has 0 bridgehead atoms. The fraction of sp³-hybridized carbons (Fsp3) is 1.00. The van der Waals surface area contributed by atoms with Crippen molar-refractivity contribution in [2.45, 2.75) is 78.3 Å². The van der Waals surface area contributed by atoms with Crippen LogP contribution in [0.5, 0.6) is 0 Å². The zero-order valence-electron chi connectivity index (χ0n) is 14.4. The molecule has 1 aliphatic heterocycles. The van der Waals surface area contributed by atoms with Gasteiger partial charge in [-0.25, -0.2) is 0 Å². The Morgan fingerprint density at radius 3 is 2.10 bits per heavy atom. The van der Waals surface area contributed by atoms with Crippen LogP contribution in [0.3, 0.4) is 0 Å². The van der Waals surface area contributed by atoms with E-state index in [1.165, 1.54) is 45.2 Å². The van der Waals surface area contributed by atoms with Gasteiger partial charge in [0.05, 0.1) is 0 Å². The zero-order chi connectivity index (χ0) is 14.8. The highest BCUT2D eigenvalue weighted by atomic mass is 15.2. The molecule has 0 radical (unpaired) electrons. The van der Waals surface area contributed by atoms with Crippen LogP contribution < -0.4 is 5.32 Å². The number of nitrogens with zero attached hydrogens (tertiary/aromatic N) is 1. The van der Waals surface area contributed by atoms with E-state index in [4.69, 9.17) is 0 Å². The highest BCUT2D eigenvalue weighted by molar-refractivity contribution is 5.00. The quantitative estimate of drug-likeness (QED) is 0.821. The monoisotopic (exact) mass is 280 g/mol. The third kappa shape index (κ3) is 3.57. The molecule has 2 nitrogen and oxygen atoms in total.